The molecule has 0 atom stereocenters. The minimum atomic E-state index is -0.994. The summed E-state index contributed by atoms with van der Waals surface area (Å²) in [4.78, 5) is 23.6. The number of carbonyl (C=O) groups is 2. The van der Waals surface area contributed by atoms with Crippen molar-refractivity contribution in [2.45, 2.75) is 10.1 Å². The lowest BCUT2D eigenvalue weighted by molar-refractivity contribution is -0.150. The van der Waals surface area contributed by atoms with Crippen molar-refractivity contribution in [1.29, 1.82) is 0 Å². The quantitative estimate of drug-likeness (QED) is 0.484. The molecule has 0 bridgehead atoms. The van der Waals surface area contributed by atoms with Crippen LogP contribution in [0.3, 0.4) is 0 Å². The van der Waals surface area contributed by atoms with E-state index in [2.05, 4.69) is 25.4 Å². The lowest BCUT2D eigenvalue weighted by Gasteiger charge is -2.11. The molecule has 0 aliphatic rings. The monoisotopic (exact) mass is 318 g/mol. The van der Waals surface area contributed by atoms with Gasteiger partial charge in [0.15, 0.2) is 0 Å². The first-order valence-corrected chi connectivity index (χ1v) is 6.33. The minimum Gasteiger partial charge on any atom is -0.468 e. The van der Waals surface area contributed by atoms with Gasteiger partial charge in [-0.1, -0.05) is 27.7 Å². The average molecular weight is 319 g/mol. The van der Waals surface area contributed by atoms with Crippen LogP contribution in [0.5, 0.6) is 0 Å². The predicted molar refractivity (Wildman–Crippen MR) is 67.8 cm³/mol. The summed E-state index contributed by atoms with van der Waals surface area (Å²) in [5.74, 6) is -1.24. The summed E-state index contributed by atoms with van der Waals surface area (Å²) in [5, 5.41) is -0.994. The highest BCUT2D eigenvalue weighted by Crippen LogP contribution is 2.26. The standard InChI is InChI=1S/C11H11BrO4S/c1-15-10(13)9(11(14)16-2)17-8-5-3-7(12)4-6-8/h3-6,9H,1-2H3. The molecule has 1 aromatic rings. The second-order valence-corrected chi connectivity index (χ2v) is 5.09. The zero-order chi connectivity index (χ0) is 12.8. The van der Waals surface area contributed by atoms with Crippen molar-refractivity contribution in [1.82, 2.24) is 0 Å². The maximum Gasteiger partial charge on any atom is 0.330 e. The minimum absolute atomic E-state index is 0.621. The molecule has 0 aromatic heterocycles. The fourth-order valence-electron chi connectivity index (χ4n) is 1.06. The number of esters is 2. The van der Waals surface area contributed by atoms with Crippen LogP contribution < -0.4 is 0 Å². The number of halogens is 1. The van der Waals surface area contributed by atoms with E-state index in [-0.39, 0.29) is 0 Å². The number of rotatable bonds is 4. The van der Waals surface area contributed by atoms with Crippen LogP contribution >= 0.6 is 27.7 Å². The zero-order valence-corrected chi connectivity index (χ0v) is 11.7. The largest absolute Gasteiger partial charge is 0.468 e. The molecule has 0 N–H and O–H groups in total. The van der Waals surface area contributed by atoms with Crippen molar-refractivity contribution >= 4 is 39.6 Å². The Bertz CT molecular complexity index is 388. The van der Waals surface area contributed by atoms with Crippen molar-refractivity contribution in [3.05, 3.63) is 28.7 Å². The summed E-state index contributed by atoms with van der Waals surface area (Å²) in [6, 6.07) is 7.25. The molecule has 1 aromatic carbocycles. The van der Waals surface area contributed by atoms with Crippen LogP contribution in [0.2, 0.25) is 0 Å². The van der Waals surface area contributed by atoms with Gasteiger partial charge in [0.05, 0.1) is 14.2 Å². The van der Waals surface area contributed by atoms with E-state index >= 15 is 0 Å². The predicted octanol–water partition coefficient (Wildman–Crippen LogP) is 2.26. The summed E-state index contributed by atoms with van der Waals surface area (Å²) < 4.78 is 10.0. The summed E-state index contributed by atoms with van der Waals surface area (Å²) >= 11 is 4.40. The Labute approximate surface area is 112 Å². The van der Waals surface area contributed by atoms with Gasteiger partial charge in [-0.2, -0.15) is 0 Å². The van der Waals surface area contributed by atoms with Crippen LogP contribution in [-0.2, 0) is 19.1 Å². The first-order chi connectivity index (χ1) is 8.08. The maximum atomic E-state index is 11.4. The summed E-state index contributed by atoms with van der Waals surface area (Å²) in [6.45, 7) is 0. The highest BCUT2D eigenvalue weighted by molar-refractivity contribution is 9.10. The molecule has 0 fully saturated rings. The fraction of sp³-hybridized carbons (Fsp3) is 0.273. The maximum absolute atomic E-state index is 11.4. The molecule has 0 aliphatic heterocycles. The molecule has 0 unspecified atom stereocenters. The molecule has 4 nitrogen and oxygen atoms in total. The Morgan fingerprint density at radius 1 is 1.12 bits per heavy atom. The number of carbonyl (C=O) groups excluding carboxylic acids is 2. The van der Waals surface area contributed by atoms with Gasteiger partial charge in [-0.3, -0.25) is 9.59 Å². The Balaban J connectivity index is 2.82. The fourth-order valence-corrected chi connectivity index (χ4v) is 2.27. The molecular formula is C11H11BrO4S. The van der Waals surface area contributed by atoms with Crippen LogP contribution in [0.25, 0.3) is 0 Å². The molecule has 0 amide bonds. The molecule has 0 radical (unpaired) electrons. The Hall–Kier alpha value is -1.01. The van der Waals surface area contributed by atoms with Crippen molar-refractivity contribution in [3.63, 3.8) is 0 Å². The van der Waals surface area contributed by atoms with E-state index in [9.17, 15) is 9.59 Å². The van der Waals surface area contributed by atoms with E-state index in [1.54, 1.807) is 12.1 Å². The molecule has 92 valence electrons. The van der Waals surface area contributed by atoms with E-state index in [0.29, 0.717) is 0 Å². The van der Waals surface area contributed by atoms with E-state index in [4.69, 9.17) is 0 Å². The van der Waals surface area contributed by atoms with Crippen LogP contribution in [0.4, 0.5) is 0 Å². The van der Waals surface area contributed by atoms with Gasteiger partial charge < -0.3 is 9.47 Å². The van der Waals surface area contributed by atoms with Gasteiger partial charge in [0.2, 0.25) is 5.25 Å². The SMILES string of the molecule is COC(=O)C(Sc1ccc(Br)cc1)C(=O)OC. The van der Waals surface area contributed by atoms with Crippen LogP contribution in [0.1, 0.15) is 0 Å². The van der Waals surface area contributed by atoms with Gasteiger partial charge in [-0.25, -0.2) is 0 Å². The van der Waals surface area contributed by atoms with Crippen LogP contribution in [0, 0.1) is 0 Å². The van der Waals surface area contributed by atoms with E-state index in [0.717, 1.165) is 21.1 Å². The lowest BCUT2D eigenvalue weighted by atomic mass is 10.4. The third kappa shape index (κ3) is 4.05. The Morgan fingerprint density at radius 2 is 1.59 bits per heavy atom. The third-order valence-corrected chi connectivity index (χ3v) is 3.59. The van der Waals surface area contributed by atoms with Gasteiger partial charge in [-0.15, -0.1) is 0 Å². The van der Waals surface area contributed by atoms with Gasteiger partial charge in [0.25, 0.3) is 0 Å². The van der Waals surface area contributed by atoms with Crippen molar-refractivity contribution < 1.29 is 19.1 Å². The zero-order valence-electron chi connectivity index (χ0n) is 9.31. The highest BCUT2D eigenvalue weighted by Gasteiger charge is 2.29. The second-order valence-electron chi connectivity index (χ2n) is 3.00. The summed E-state index contributed by atoms with van der Waals surface area (Å²) in [5.41, 5.74) is 0. The van der Waals surface area contributed by atoms with E-state index < -0.39 is 17.2 Å². The molecule has 0 spiro atoms. The van der Waals surface area contributed by atoms with Crippen molar-refractivity contribution in [3.8, 4) is 0 Å². The molecule has 17 heavy (non-hydrogen) atoms. The van der Waals surface area contributed by atoms with Gasteiger partial charge in [-0.05, 0) is 24.3 Å². The molecule has 6 heteroatoms. The van der Waals surface area contributed by atoms with Crippen LogP contribution in [0.15, 0.2) is 33.6 Å². The Kier molecular flexibility index (Phi) is 5.50. The molecule has 1 rings (SSSR count). The van der Waals surface area contributed by atoms with Crippen molar-refractivity contribution in [2.75, 3.05) is 14.2 Å². The smallest absolute Gasteiger partial charge is 0.330 e. The number of thioether (sulfide) groups is 1. The molecular weight excluding hydrogens is 308 g/mol. The number of ether oxygens (including phenoxy) is 2. The third-order valence-electron chi connectivity index (χ3n) is 1.90. The summed E-state index contributed by atoms with van der Waals surface area (Å²) in [6.07, 6.45) is 0. The van der Waals surface area contributed by atoms with E-state index in [1.165, 1.54) is 14.2 Å². The van der Waals surface area contributed by atoms with Crippen LogP contribution in [-0.4, -0.2) is 31.4 Å². The normalized spacial score (nSPS) is 10.1. The van der Waals surface area contributed by atoms with Gasteiger partial charge in [0, 0.05) is 9.37 Å². The molecule has 0 heterocycles. The Morgan fingerprint density at radius 3 is 2.00 bits per heavy atom. The van der Waals surface area contributed by atoms with Gasteiger partial charge >= 0.3 is 11.9 Å². The molecule has 0 saturated carbocycles. The number of hydrogen-bond donors (Lipinski definition) is 0. The number of hydrogen-bond acceptors (Lipinski definition) is 5. The van der Waals surface area contributed by atoms with Gasteiger partial charge in [0.1, 0.15) is 0 Å². The lowest BCUT2D eigenvalue weighted by Crippen LogP contribution is -2.29. The second kappa shape index (κ2) is 6.66. The summed E-state index contributed by atoms with van der Waals surface area (Å²) in [7, 11) is 2.47. The molecule has 0 aliphatic carbocycles. The average Bonchev–Trinajstić information content (AvgIpc) is 2.36. The first kappa shape index (κ1) is 14.1. The number of benzene rings is 1. The molecule has 0 saturated heterocycles. The number of methoxy groups -OCH3 is 2. The van der Waals surface area contributed by atoms with Crippen molar-refractivity contribution in [2.24, 2.45) is 0 Å². The first-order valence-electron chi connectivity index (χ1n) is 4.66. The topological polar surface area (TPSA) is 52.6 Å². The highest BCUT2D eigenvalue weighted by atomic mass is 79.9. The van der Waals surface area contributed by atoms with E-state index in [1.807, 2.05) is 12.1 Å².